The first-order chi connectivity index (χ1) is 7.45. The number of hydrogen-bond acceptors (Lipinski definition) is 2. The molecule has 3 heteroatoms. The molecule has 0 spiro atoms. The van der Waals surface area contributed by atoms with Crippen LogP contribution in [0.4, 0.5) is 0 Å². The Balaban J connectivity index is 3.16. The van der Waals surface area contributed by atoms with Crippen LogP contribution in [-0.2, 0) is 4.79 Å². The Labute approximate surface area is 95.4 Å². The molecule has 0 bridgehead atoms. The first kappa shape index (κ1) is 12.3. The SMILES string of the molecule is C=C(CC(=O)O)c1cc(C)c(C)cc1OC. The number of carboxylic acids is 1. The lowest BCUT2D eigenvalue weighted by Crippen LogP contribution is -1.99. The molecule has 0 radical (unpaired) electrons. The zero-order valence-electron chi connectivity index (χ0n) is 9.83. The number of benzene rings is 1. The average molecular weight is 220 g/mol. The van der Waals surface area contributed by atoms with E-state index in [4.69, 9.17) is 9.84 Å². The Morgan fingerprint density at radius 1 is 1.38 bits per heavy atom. The second kappa shape index (κ2) is 4.84. The maximum absolute atomic E-state index is 10.6. The Bertz CT molecular complexity index is 433. The van der Waals surface area contributed by atoms with Crippen molar-refractivity contribution in [3.8, 4) is 5.75 Å². The minimum absolute atomic E-state index is 0.0706. The van der Waals surface area contributed by atoms with Crippen molar-refractivity contribution in [1.29, 1.82) is 0 Å². The molecule has 16 heavy (non-hydrogen) atoms. The van der Waals surface area contributed by atoms with Gasteiger partial charge in [-0.1, -0.05) is 6.58 Å². The number of aliphatic carboxylic acids is 1. The first-order valence-electron chi connectivity index (χ1n) is 5.01. The van der Waals surface area contributed by atoms with Crippen molar-refractivity contribution in [1.82, 2.24) is 0 Å². The second-order valence-corrected chi connectivity index (χ2v) is 3.81. The van der Waals surface area contributed by atoms with E-state index in [0.29, 0.717) is 11.3 Å². The minimum atomic E-state index is -0.884. The van der Waals surface area contributed by atoms with Gasteiger partial charge in [0.05, 0.1) is 13.5 Å². The molecule has 0 atom stereocenters. The summed E-state index contributed by atoms with van der Waals surface area (Å²) in [5.74, 6) is -0.209. The van der Waals surface area contributed by atoms with E-state index in [2.05, 4.69) is 6.58 Å². The van der Waals surface area contributed by atoms with Gasteiger partial charge in [0, 0.05) is 5.56 Å². The van der Waals surface area contributed by atoms with Gasteiger partial charge in [-0.25, -0.2) is 0 Å². The number of ether oxygens (including phenoxy) is 1. The van der Waals surface area contributed by atoms with Crippen LogP contribution in [0.3, 0.4) is 0 Å². The number of methoxy groups -OCH3 is 1. The number of aryl methyl sites for hydroxylation is 2. The summed E-state index contributed by atoms with van der Waals surface area (Å²) in [5, 5.41) is 8.73. The maximum atomic E-state index is 10.6. The lowest BCUT2D eigenvalue weighted by molar-refractivity contribution is -0.135. The molecule has 86 valence electrons. The van der Waals surface area contributed by atoms with Crippen molar-refractivity contribution in [3.05, 3.63) is 35.4 Å². The highest BCUT2D eigenvalue weighted by molar-refractivity contribution is 5.84. The number of hydrogen-bond donors (Lipinski definition) is 1. The maximum Gasteiger partial charge on any atom is 0.307 e. The lowest BCUT2D eigenvalue weighted by Gasteiger charge is -2.12. The van der Waals surface area contributed by atoms with E-state index >= 15 is 0 Å². The summed E-state index contributed by atoms with van der Waals surface area (Å²) in [4.78, 5) is 10.6. The monoisotopic (exact) mass is 220 g/mol. The lowest BCUT2D eigenvalue weighted by atomic mass is 9.98. The molecular formula is C13H16O3. The summed E-state index contributed by atoms with van der Waals surface area (Å²) >= 11 is 0. The molecule has 3 nitrogen and oxygen atoms in total. The smallest absolute Gasteiger partial charge is 0.307 e. The van der Waals surface area contributed by atoms with Gasteiger partial charge in [-0.3, -0.25) is 4.79 Å². The van der Waals surface area contributed by atoms with E-state index in [-0.39, 0.29) is 6.42 Å². The van der Waals surface area contributed by atoms with Gasteiger partial charge < -0.3 is 9.84 Å². The van der Waals surface area contributed by atoms with Gasteiger partial charge in [-0.2, -0.15) is 0 Å². The molecule has 1 aromatic carbocycles. The van der Waals surface area contributed by atoms with Crippen molar-refractivity contribution in [2.24, 2.45) is 0 Å². The molecule has 1 rings (SSSR count). The van der Waals surface area contributed by atoms with Crippen LogP contribution >= 0.6 is 0 Å². The van der Waals surface area contributed by atoms with Gasteiger partial charge in [0.1, 0.15) is 5.75 Å². The Morgan fingerprint density at radius 3 is 2.44 bits per heavy atom. The molecule has 0 saturated carbocycles. The second-order valence-electron chi connectivity index (χ2n) is 3.81. The fourth-order valence-corrected chi connectivity index (χ4v) is 1.51. The molecule has 0 aromatic heterocycles. The largest absolute Gasteiger partial charge is 0.496 e. The van der Waals surface area contributed by atoms with Crippen LogP contribution in [0.1, 0.15) is 23.1 Å². The van der Waals surface area contributed by atoms with Crippen LogP contribution in [0, 0.1) is 13.8 Å². The molecule has 0 heterocycles. The van der Waals surface area contributed by atoms with Crippen molar-refractivity contribution in [2.45, 2.75) is 20.3 Å². The van der Waals surface area contributed by atoms with E-state index in [1.165, 1.54) is 0 Å². The number of carbonyl (C=O) groups is 1. The Morgan fingerprint density at radius 2 is 1.94 bits per heavy atom. The fraction of sp³-hybridized carbons (Fsp3) is 0.308. The summed E-state index contributed by atoms with van der Waals surface area (Å²) < 4.78 is 5.23. The molecule has 0 aliphatic heterocycles. The highest BCUT2D eigenvalue weighted by Crippen LogP contribution is 2.29. The highest BCUT2D eigenvalue weighted by atomic mass is 16.5. The van der Waals surface area contributed by atoms with E-state index in [1.807, 2.05) is 26.0 Å². The number of rotatable bonds is 4. The van der Waals surface area contributed by atoms with Crippen LogP contribution in [0.15, 0.2) is 18.7 Å². The zero-order valence-corrected chi connectivity index (χ0v) is 9.83. The number of carboxylic acid groups (broad SMARTS) is 1. The highest BCUT2D eigenvalue weighted by Gasteiger charge is 2.11. The van der Waals surface area contributed by atoms with Crippen molar-refractivity contribution in [2.75, 3.05) is 7.11 Å². The quantitative estimate of drug-likeness (QED) is 0.848. The van der Waals surface area contributed by atoms with Gasteiger partial charge >= 0.3 is 5.97 Å². The average Bonchev–Trinajstić information content (AvgIpc) is 2.20. The van der Waals surface area contributed by atoms with Crippen molar-refractivity contribution in [3.63, 3.8) is 0 Å². The van der Waals surface area contributed by atoms with Crippen LogP contribution in [0.25, 0.3) is 5.57 Å². The summed E-state index contributed by atoms with van der Waals surface area (Å²) in [7, 11) is 1.57. The molecule has 0 aliphatic carbocycles. The van der Waals surface area contributed by atoms with Gasteiger partial charge in [-0.05, 0) is 42.7 Å². The van der Waals surface area contributed by atoms with Crippen LogP contribution in [0.2, 0.25) is 0 Å². The molecule has 0 unspecified atom stereocenters. The third-order valence-corrected chi connectivity index (χ3v) is 2.56. The van der Waals surface area contributed by atoms with Crippen LogP contribution < -0.4 is 4.74 Å². The van der Waals surface area contributed by atoms with Crippen molar-refractivity contribution >= 4 is 11.5 Å². The predicted molar refractivity (Wildman–Crippen MR) is 63.8 cm³/mol. The van der Waals surface area contributed by atoms with Crippen LogP contribution in [0.5, 0.6) is 5.75 Å². The van der Waals surface area contributed by atoms with Gasteiger partial charge in [0.15, 0.2) is 0 Å². The summed E-state index contributed by atoms with van der Waals surface area (Å²) in [5.41, 5.74) is 3.55. The molecule has 0 saturated heterocycles. The molecular weight excluding hydrogens is 204 g/mol. The third-order valence-electron chi connectivity index (χ3n) is 2.56. The summed E-state index contributed by atoms with van der Waals surface area (Å²) in [6.45, 7) is 7.75. The summed E-state index contributed by atoms with van der Waals surface area (Å²) in [6.07, 6.45) is -0.0706. The molecule has 1 N–H and O–H groups in total. The van der Waals surface area contributed by atoms with E-state index < -0.39 is 5.97 Å². The molecule has 0 aliphatic rings. The fourth-order valence-electron chi connectivity index (χ4n) is 1.51. The first-order valence-corrected chi connectivity index (χ1v) is 5.01. The van der Waals surface area contributed by atoms with Gasteiger partial charge in [0.2, 0.25) is 0 Å². The Hall–Kier alpha value is -1.77. The molecule has 0 amide bonds. The van der Waals surface area contributed by atoms with Crippen molar-refractivity contribution < 1.29 is 14.6 Å². The van der Waals surface area contributed by atoms with Gasteiger partial charge in [0.25, 0.3) is 0 Å². The molecule has 0 fully saturated rings. The Kier molecular flexibility index (Phi) is 3.72. The molecule has 1 aromatic rings. The predicted octanol–water partition coefficient (Wildman–Crippen LogP) is 2.80. The topological polar surface area (TPSA) is 46.5 Å². The van der Waals surface area contributed by atoms with Gasteiger partial charge in [-0.15, -0.1) is 0 Å². The zero-order chi connectivity index (χ0) is 12.3. The van der Waals surface area contributed by atoms with E-state index in [9.17, 15) is 4.79 Å². The summed E-state index contributed by atoms with van der Waals surface area (Å²) in [6, 6.07) is 3.82. The third kappa shape index (κ3) is 2.63. The minimum Gasteiger partial charge on any atom is -0.496 e. The standard InChI is InChI=1S/C13H16O3/c1-8-5-11(10(3)7-13(14)15)12(16-4)6-9(8)2/h5-6H,3,7H2,1-2,4H3,(H,14,15). The van der Waals surface area contributed by atoms with Crippen LogP contribution in [-0.4, -0.2) is 18.2 Å². The van der Waals surface area contributed by atoms with E-state index in [1.54, 1.807) is 7.11 Å². The normalized spacial score (nSPS) is 9.94. The van der Waals surface area contributed by atoms with E-state index in [0.717, 1.165) is 16.7 Å².